The minimum atomic E-state index is -1.47. The molecule has 2 aromatic carbocycles. The van der Waals surface area contributed by atoms with Crippen LogP contribution in [0.25, 0.3) is 0 Å². The number of nitrogens with zero attached hydrogens (tertiary/aromatic N) is 1. The Morgan fingerprint density at radius 2 is 1.79 bits per heavy atom. The van der Waals surface area contributed by atoms with Crippen LogP contribution in [-0.4, -0.2) is 29.7 Å². The fraction of sp³-hybridized carbons (Fsp3) is 0.304. The molecule has 0 unspecified atom stereocenters. The van der Waals surface area contributed by atoms with Crippen molar-refractivity contribution in [2.75, 3.05) is 10.2 Å². The summed E-state index contributed by atoms with van der Waals surface area (Å²) in [6, 6.07) is 9.12. The van der Waals surface area contributed by atoms with E-state index in [1.807, 2.05) is 0 Å². The Morgan fingerprint density at radius 1 is 1.09 bits per heavy atom. The maximum atomic E-state index is 13.8. The molecule has 4 atom stereocenters. The van der Waals surface area contributed by atoms with Crippen LogP contribution in [0.5, 0.6) is 0 Å². The number of hydrogen-bond acceptors (Lipinski definition) is 5. The second-order valence-electron chi connectivity index (χ2n) is 8.60. The third-order valence-corrected chi connectivity index (χ3v) is 7.53. The molecule has 5 rings (SSSR count). The number of amides is 4. The van der Waals surface area contributed by atoms with E-state index in [0.29, 0.717) is 32.5 Å². The lowest BCUT2D eigenvalue weighted by Gasteiger charge is -2.29. The monoisotopic (exact) mass is 486 g/mol. The van der Waals surface area contributed by atoms with Crippen molar-refractivity contribution in [2.45, 2.75) is 31.3 Å². The Labute approximate surface area is 199 Å². The van der Waals surface area contributed by atoms with Crippen molar-refractivity contribution < 1.29 is 19.2 Å². The van der Waals surface area contributed by atoms with E-state index in [1.54, 1.807) is 43.3 Å². The minimum absolute atomic E-state index is 0.00744. The summed E-state index contributed by atoms with van der Waals surface area (Å²) in [5.74, 6) is -3.73. The van der Waals surface area contributed by atoms with Crippen LogP contribution in [0.3, 0.4) is 0 Å². The van der Waals surface area contributed by atoms with Crippen molar-refractivity contribution in [1.82, 2.24) is 5.32 Å². The number of imide groups is 1. The summed E-state index contributed by atoms with van der Waals surface area (Å²) in [6.07, 6.45) is 0.217. The van der Waals surface area contributed by atoms with Gasteiger partial charge in [-0.15, -0.1) is 0 Å². The van der Waals surface area contributed by atoms with Gasteiger partial charge < -0.3 is 11.1 Å². The van der Waals surface area contributed by atoms with Gasteiger partial charge >= 0.3 is 0 Å². The molecule has 3 aliphatic heterocycles. The Kier molecular flexibility index (Phi) is 5.00. The van der Waals surface area contributed by atoms with Crippen molar-refractivity contribution in [1.29, 1.82) is 0 Å². The van der Waals surface area contributed by atoms with E-state index >= 15 is 0 Å². The quantitative estimate of drug-likeness (QED) is 0.573. The first-order valence-electron chi connectivity index (χ1n) is 10.5. The Bertz CT molecular complexity index is 1230. The second kappa shape index (κ2) is 7.55. The molecule has 170 valence electrons. The topological polar surface area (TPSA) is 122 Å². The number of rotatable bonds is 4. The Hall–Kier alpha value is -2.94. The van der Waals surface area contributed by atoms with Crippen LogP contribution >= 0.6 is 23.2 Å². The van der Waals surface area contributed by atoms with Gasteiger partial charge in [0.25, 0.3) is 0 Å². The number of benzene rings is 2. The van der Waals surface area contributed by atoms with E-state index in [2.05, 4.69) is 10.6 Å². The van der Waals surface area contributed by atoms with Gasteiger partial charge in [-0.25, -0.2) is 4.90 Å². The van der Waals surface area contributed by atoms with Crippen molar-refractivity contribution in [3.63, 3.8) is 0 Å². The van der Waals surface area contributed by atoms with Gasteiger partial charge in [0.1, 0.15) is 5.54 Å². The molecule has 4 amide bonds. The molecule has 2 fully saturated rings. The zero-order valence-electron chi connectivity index (χ0n) is 17.5. The average Bonchev–Trinajstić information content (AvgIpc) is 3.35. The predicted molar refractivity (Wildman–Crippen MR) is 123 cm³/mol. The molecule has 0 bridgehead atoms. The molecule has 3 heterocycles. The van der Waals surface area contributed by atoms with Gasteiger partial charge in [0, 0.05) is 28.1 Å². The number of fused-ring (bicyclic) bond motifs is 4. The van der Waals surface area contributed by atoms with Crippen LogP contribution in [0, 0.1) is 18.8 Å². The lowest BCUT2D eigenvalue weighted by Crippen LogP contribution is -2.53. The molecular weight excluding hydrogens is 467 g/mol. The van der Waals surface area contributed by atoms with E-state index < -0.39 is 47.0 Å². The van der Waals surface area contributed by atoms with Gasteiger partial charge in [-0.3, -0.25) is 24.5 Å². The number of carbonyl (C=O) groups excluding carboxylic acids is 4. The summed E-state index contributed by atoms with van der Waals surface area (Å²) in [5.41, 5.74) is 6.02. The molecule has 2 saturated heterocycles. The summed E-state index contributed by atoms with van der Waals surface area (Å²) in [4.78, 5) is 53.4. The standard InChI is InChI=1S/C23H20Cl2N4O4/c1-10-14(25)7-6-13-19(10)27-22(33)23(13)18-17(15(28-23)8-9-16(26)30)20(31)29(21(18)32)12-4-2-11(24)3-5-12/h2-7,15,17-18,28H,8-9H2,1H3,(H2,26,30)(H,27,33)/t15-,17-,18+,23+/m1/s1. The number of hydrogen-bond donors (Lipinski definition) is 3. The van der Waals surface area contributed by atoms with Crippen LogP contribution in [0.1, 0.15) is 24.0 Å². The van der Waals surface area contributed by atoms with E-state index in [4.69, 9.17) is 28.9 Å². The molecule has 0 aliphatic carbocycles. The Balaban J connectivity index is 1.66. The third-order valence-electron chi connectivity index (χ3n) is 6.87. The number of anilines is 2. The molecule has 0 aromatic heterocycles. The van der Waals surface area contributed by atoms with Crippen molar-refractivity contribution in [3.8, 4) is 0 Å². The molecule has 8 nitrogen and oxygen atoms in total. The summed E-state index contributed by atoms with van der Waals surface area (Å²) < 4.78 is 0. The molecular formula is C23H20Cl2N4O4. The van der Waals surface area contributed by atoms with Crippen LogP contribution < -0.4 is 21.3 Å². The normalized spacial score (nSPS) is 27.8. The molecule has 3 aliphatic rings. The first-order chi connectivity index (χ1) is 15.7. The number of primary amides is 1. The second-order valence-corrected chi connectivity index (χ2v) is 9.45. The van der Waals surface area contributed by atoms with Gasteiger partial charge in [0.05, 0.1) is 23.2 Å². The number of halogens is 2. The largest absolute Gasteiger partial charge is 0.370 e. The number of nitrogens with two attached hydrogens (primary N) is 1. The van der Waals surface area contributed by atoms with Gasteiger partial charge in [-0.1, -0.05) is 29.3 Å². The summed E-state index contributed by atoms with van der Waals surface area (Å²) in [6.45, 7) is 1.78. The molecule has 0 radical (unpaired) electrons. The fourth-order valence-electron chi connectivity index (χ4n) is 5.38. The molecule has 2 aromatic rings. The van der Waals surface area contributed by atoms with Gasteiger partial charge in [0.15, 0.2) is 0 Å². The smallest absolute Gasteiger partial charge is 0.250 e. The van der Waals surface area contributed by atoms with Crippen LogP contribution in [-0.2, 0) is 24.7 Å². The first-order valence-corrected chi connectivity index (χ1v) is 11.2. The van der Waals surface area contributed by atoms with E-state index in [1.165, 1.54) is 0 Å². The summed E-state index contributed by atoms with van der Waals surface area (Å²) >= 11 is 12.2. The highest BCUT2D eigenvalue weighted by molar-refractivity contribution is 6.32. The highest BCUT2D eigenvalue weighted by atomic mass is 35.5. The zero-order chi connectivity index (χ0) is 23.7. The maximum Gasteiger partial charge on any atom is 0.250 e. The number of carbonyl (C=O) groups is 4. The highest BCUT2D eigenvalue weighted by Crippen LogP contribution is 2.55. The molecule has 33 heavy (non-hydrogen) atoms. The van der Waals surface area contributed by atoms with E-state index in [0.717, 1.165) is 4.90 Å². The first kappa shape index (κ1) is 21.9. The van der Waals surface area contributed by atoms with Gasteiger partial charge in [0.2, 0.25) is 23.6 Å². The summed E-state index contributed by atoms with van der Waals surface area (Å²) in [7, 11) is 0. The molecule has 4 N–H and O–H groups in total. The predicted octanol–water partition coefficient (Wildman–Crippen LogP) is 2.49. The minimum Gasteiger partial charge on any atom is -0.370 e. The van der Waals surface area contributed by atoms with Gasteiger partial charge in [-0.05, 0) is 49.2 Å². The molecule has 1 spiro atoms. The third kappa shape index (κ3) is 3.01. The van der Waals surface area contributed by atoms with Crippen LogP contribution in [0.2, 0.25) is 10.0 Å². The van der Waals surface area contributed by atoms with E-state index in [-0.39, 0.29) is 12.8 Å². The van der Waals surface area contributed by atoms with Crippen LogP contribution in [0.15, 0.2) is 36.4 Å². The Morgan fingerprint density at radius 3 is 2.45 bits per heavy atom. The fourth-order valence-corrected chi connectivity index (χ4v) is 5.66. The van der Waals surface area contributed by atoms with Crippen molar-refractivity contribution in [2.24, 2.45) is 17.6 Å². The lowest BCUT2D eigenvalue weighted by molar-refractivity contribution is -0.130. The molecule has 0 saturated carbocycles. The lowest BCUT2D eigenvalue weighted by atomic mass is 9.76. The SMILES string of the molecule is Cc1c(Cl)ccc2c1NC(=O)[C@]21N[C@H](CCC(N)=O)[C@H]2C(=O)N(c3ccc(Cl)cc3)C(=O)[C@H]21. The maximum absolute atomic E-state index is 13.8. The molecule has 10 heteroatoms. The van der Waals surface area contributed by atoms with Crippen molar-refractivity contribution in [3.05, 3.63) is 57.6 Å². The average molecular weight is 487 g/mol. The van der Waals surface area contributed by atoms with Crippen molar-refractivity contribution >= 4 is 58.2 Å². The van der Waals surface area contributed by atoms with E-state index in [9.17, 15) is 19.2 Å². The summed E-state index contributed by atoms with van der Waals surface area (Å²) in [5, 5.41) is 7.06. The van der Waals surface area contributed by atoms with Gasteiger partial charge in [-0.2, -0.15) is 0 Å². The highest BCUT2D eigenvalue weighted by Gasteiger charge is 2.70. The zero-order valence-corrected chi connectivity index (χ0v) is 19.0. The van der Waals surface area contributed by atoms with Crippen LogP contribution in [0.4, 0.5) is 11.4 Å². The number of nitrogens with one attached hydrogen (secondary N) is 2.